The molecule has 3 aliphatic heterocycles. The highest BCUT2D eigenvalue weighted by Gasteiger charge is 2.50. The number of phenols is 4. The summed E-state index contributed by atoms with van der Waals surface area (Å²) in [6.07, 6.45) is -16.1. The Balaban J connectivity index is 1.40. The highest BCUT2D eigenvalue weighted by Crippen LogP contribution is 2.44. The van der Waals surface area contributed by atoms with Crippen LogP contribution in [0, 0.1) is 5.92 Å². The van der Waals surface area contributed by atoms with Crippen molar-refractivity contribution in [3.63, 3.8) is 0 Å². The SMILES string of the molecule is CC1[C@H](C)OC(OCC2O[C@@H](OC3C(=O)c4c(O)cc(O)cc4OC3c3ccc(O)c(O)c3)[C@H](O)[C@@H](O)[C@@H]2O)[C@H](O)[C@@H]1O. The Morgan fingerprint density at radius 1 is 0.767 bits per heavy atom. The molecule has 5 unspecified atom stereocenters. The Morgan fingerprint density at radius 3 is 2.16 bits per heavy atom. The van der Waals surface area contributed by atoms with Crippen LogP contribution in [0.4, 0.5) is 0 Å². The number of ether oxygens (including phenoxy) is 5. The summed E-state index contributed by atoms with van der Waals surface area (Å²) in [5, 5.41) is 92.7. The van der Waals surface area contributed by atoms with Gasteiger partial charge < -0.3 is 69.6 Å². The van der Waals surface area contributed by atoms with Crippen molar-refractivity contribution in [3.05, 3.63) is 41.5 Å². The number of hydrogen-bond donors (Lipinski definition) is 9. The van der Waals surface area contributed by atoms with Crippen molar-refractivity contribution in [2.45, 2.75) is 81.4 Å². The molecule has 15 heteroatoms. The maximum absolute atomic E-state index is 13.6. The molecule has 0 amide bonds. The monoisotopic (exact) mass is 610 g/mol. The molecule has 15 nitrogen and oxygen atoms in total. The predicted molar refractivity (Wildman–Crippen MR) is 140 cm³/mol. The zero-order valence-electron chi connectivity index (χ0n) is 23.0. The standard InChI is InChI=1S/C28H34O15/c1-9-10(2)40-27(23(37)19(9)33)39-8-17-20(34)22(36)24(38)28(42-17)43-26-21(35)18-15(32)6-12(29)7-16(18)41-25(26)11-3-4-13(30)14(31)5-11/h3-7,9-10,17,19-20,22-34,36-38H,8H2,1-2H3/t9?,10-,17?,19+,20+,22-,23+,24+,25?,26?,27?,28-/m0/s1. The summed E-state index contributed by atoms with van der Waals surface area (Å²) in [5.41, 5.74) is -0.253. The van der Waals surface area contributed by atoms with E-state index < -0.39 is 109 Å². The number of hydrogen-bond acceptors (Lipinski definition) is 15. The molecule has 0 spiro atoms. The largest absolute Gasteiger partial charge is 0.508 e. The molecule has 2 saturated heterocycles. The van der Waals surface area contributed by atoms with Gasteiger partial charge in [0.1, 0.15) is 53.3 Å². The third-order valence-electron chi connectivity index (χ3n) is 8.06. The van der Waals surface area contributed by atoms with Gasteiger partial charge in [-0.25, -0.2) is 0 Å². The van der Waals surface area contributed by atoms with Crippen LogP contribution in [0.15, 0.2) is 30.3 Å². The molecule has 12 atom stereocenters. The van der Waals surface area contributed by atoms with Gasteiger partial charge in [0.2, 0.25) is 5.78 Å². The number of Topliss-reactive ketones (excluding diaryl/α,β-unsaturated/α-hetero) is 1. The van der Waals surface area contributed by atoms with Crippen LogP contribution >= 0.6 is 0 Å². The number of fused-ring (bicyclic) bond motifs is 1. The van der Waals surface area contributed by atoms with Crippen LogP contribution in [-0.2, 0) is 18.9 Å². The molecule has 0 saturated carbocycles. The fourth-order valence-corrected chi connectivity index (χ4v) is 5.30. The van der Waals surface area contributed by atoms with Gasteiger partial charge in [-0.1, -0.05) is 13.0 Å². The lowest BCUT2D eigenvalue weighted by Crippen LogP contribution is -2.61. The molecule has 0 aromatic heterocycles. The zero-order chi connectivity index (χ0) is 31.3. The molecule has 0 radical (unpaired) electrons. The van der Waals surface area contributed by atoms with E-state index in [-0.39, 0.29) is 16.9 Å². The second kappa shape index (κ2) is 12.0. The molecule has 0 aliphatic carbocycles. The van der Waals surface area contributed by atoms with Gasteiger partial charge in [0.05, 0.1) is 18.8 Å². The van der Waals surface area contributed by atoms with Gasteiger partial charge in [0.25, 0.3) is 0 Å². The summed E-state index contributed by atoms with van der Waals surface area (Å²) < 4.78 is 28.6. The van der Waals surface area contributed by atoms with Crippen molar-refractivity contribution < 1.29 is 74.4 Å². The third-order valence-corrected chi connectivity index (χ3v) is 8.06. The van der Waals surface area contributed by atoms with Gasteiger partial charge in [-0.3, -0.25) is 4.79 Å². The number of phenolic OH excluding ortho intramolecular Hbond substituents is 4. The summed E-state index contributed by atoms with van der Waals surface area (Å²) >= 11 is 0. The Bertz CT molecular complexity index is 1340. The molecule has 9 N–H and O–H groups in total. The van der Waals surface area contributed by atoms with Crippen LogP contribution < -0.4 is 4.74 Å². The normalized spacial score (nSPS) is 37.9. The number of ketones is 1. The van der Waals surface area contributed by atoms with E-state index in [2.05, 4.69) is 0 Å². The average Bonchev–Trinajstić information content (AvgIpc) is 2.96. The van der Waals surface area contributed by atoms with E-state index in [1.54, 1.807) is 13.8 Å². The predicted octanol–water partition coefficient (Wildman–Crippen LogP) is -0.863. The second-order valence-corrected chi connectivity index (χ2v) is 10.9. The van der Waals surface area contributed by atoms with Crippen molar-refractivity contribution in [3.8, 4) is 28.7 Å². The molecule has 2 aromatic rings. The van der Waals surface area contributed by atoms with Crippen molar-refractivity contribution >= 4 is 5.78 Å². The van der Waals surface area contributed by atoms with E-state index in [1.807, 2.05) is 0 Å². The van der Waals surface area contributed by atoms with Gasteiger partial charge in [-0.2, -0.15) is 0 Å². The van der Waals surface area contributed by atoms with Gasteiger partial charge >= 0.3 is 0 Å². The number of aromatic hydroxyl groups is 4. The topological polar surface area (TPSA) is 245 Å². The van der Waals surface area contributed by atoms with Gasteiger partial charge in [0, 0.05) is 18.1 Å². The summed E-state index contributed by atoms with van der Waals surface area (Å²) in [6.45, 7) is 2.86. The highest BCUT2D eigenvalue weighted by molar-refractivity contribution is 6.05. The molecule has 236 valence electrons. The van der Waals surface area contributed by atoms with Crippen LogP contribution in [0.2, 0.25) is 0 Å². The van der Waals surface area contributed by atoms with Crippen molar-refractivity contribution in [1.29, 1.82) is 0 Å². The van der Waals surface area contributed by atoms with Crippen LogP contribution in [-0.4, -0.2) is 120 Å². The lowest BCUT2D eigenvalue weighted by molar-refractivity contribution is -0.330. The van der Waals surface area contributed by atoms with Gasteiger partial charge in [-0.05, 0) is 24.6 Å². The molecular formula is C28H34O15. The average molecular weight is 611 g/mol. The molecule has 5 rings (SSSR count). The zero-order valence-corrected chi connectivity index (χ0v) is 23.0. The minimum atomic E-state index is -1.90. The first-order valence-electron chi connectivity index (χ1n) is 13.6. The number of aliphatic hydroxyl groups excluding tert-OH is 5. The number of aliphatic hydroxyl groups is 5. The quantitative estimate of drug-likeness (QED) is 0.181. The molecule has 43 heavy (non-hydrogen) atoms. The molecule has 2 aromatic carbocycles. The van der Waals surface area contributed by atoms with Crippen LogP contribution in [0.5, 0.6) is 28.7 Å². The van der Waals surface area contributed by atoms with Gasteiger partial charge in [0.15, 0.2) is 36.3 Å². The van der Waals surface area contributed by atoms with Crippen molar-refractivity contribution in [2.75, 3.05) is 6.61 Å². The minimum absolute atomic E-state index is 0.109. The molecule has 0 bridgehead atoms. The minimum Gasteiger partial charge on any atom is -0.508 e. The summed E-state index contributed by atoms with van der Waals surface area (Å²) in [7, 11) is 0. The maximum atomic E-state index is 13.6. The summed E-state index contributed by atoms with van der Waals surface area (Å²) in [5.74, 6) is -3.56. The first-order chi connectivity index (χ1) is 20.3. The Morgan fingerprint density at radius 2 is 1.47 bits per heavy atom. The maximum Gasteiger partial charge on any atom is 0.203 e. The smallest absolute Gasteiger partial charge is 0.203 e. The van der Waals surface area contributed by atoms with Crippen molar-refractivity contribution in [1.82, 2.24) is 0 Å². The van der Waals surface area contributed by atoms with Crippen LogP contribution in [0.1, 0.15) is 35.9 Å². The summed E-state index contributed by atoms with van der Waals surface area (Å²) in [6, 6.07) is 5.52. The van der Waals surface area contributed by atoms with Crippen LogP contribution in [0.25, 0.3) is 0 Å². The van der Waals surface area contributed by atoms with Crippen molar-refractivity contribution in [2.24, 2.45) is 5.92 Å². The first-order valence-corrected chi connectivity index (χ1v) is 13.6. The molecule has 3 aliphatic rings. The number of carbonyl (C=O) groups excluding carboxylic acids is 1. The van der Waals surface area contributed by atoms with E-state index in [4.69, 9.17) is 23.7 Å². The van der Waals surface area contributed by atoms with E-state index >= 15 is 0 Å². The Kier molecular flexibility index (Phi) is 8.72. The lowest BCUT2D eigenvalue weighted by Gasteiger charge is -2.44. The van der Waals surface area contributed by atoms with Gasteiger partial charge in [-0.15, -0.1) is 0 Å². The fraction of sp³-hybridized carbons (Fsp3) is 0.536. The van der Waals surface area contributed by atoms with E-state index in [9.17, 15) is 50.8 Å². The summed E-state index contributed by atoms with van der Waals surface area (Å²) in [4.78, 5) is 13.6. The highest BCUT2D eigenvalue weighted by atomic mass is 16.7. The lowest BCUT2D eigenvalue weighted by atomic mass is 9.91. The Hall–Kier alpha value is -3.25. The molecular weight excluding hydrogens is 576 g/mol. The molecule has 3 heterocycles. The number of rotatable bonds is 6. The third kappa shape index (κ3) is 5.83. The first kappa shape index (κ1) is 31.2. The van der Waals surface area contributed by atoms with E-state index in [1.165, 1.54) is 6.07 Å². The number of benzene rings is 2. The van der Waals surface area contributed by atoms with E-state index in [0.29, 0.717) is 0 Å². The Labute approximate surface area is 244 Å². The fourth-order valence-electron chi connectivity index (χ4n) is 5.30. The van der Waals surface area contributed by atoms with Crippen LogP contribution in [0.3, 0.4) is 0 Å². The number of carbonyl (C=O) groups is 1. The van der Waals surface area contributed by atoms with E-state index in [0.717, 1.165) is 24.3 Å². The second-order valence-electron chi connectivity index (χ2n) is 10.9. The molecule has 2 fully saturated rings.